The van der Waals surface area contributed by atoms with Gasteiger partial charge in [0.05, 0.1) is 6.04 Å². The van der Waals surface area contributed by atoms with Gasteiger partial charge in [0, 0.05) is 47.3 Å². The number of benzene rings is 2. The van der Waals surface area contributed by atoms with Gasteiger partial charge in [-0.3, -0.25) is 0 Å². The SMILES string of the molecule is CCC(C(=N)c1ccccc1)C(/C=C/C1C=C(C2=CCC(C3=CC(c4ccccc4C4=CCCC=C4)NC(C4CC=CCC4)=C3)CN2)C=CC1)C1=CCCC=C1. The van der Waals surface area contributed by atoms with Gasteiger partial charge in [0.15, 0.2) is 0 Å². The molecule has 0 fully saturated rings. The molecule has 0 bridgehead atoms. The van der Waals surface area contributed by atoms with Gasteiger partial charge in [-0.2, -0.15) is 0 Å². The predicted octanol–water partition coefficient (Wildman–Crippen LogP) is 12.8. The summed E-state index contributed by atoms with van der Waals surface area (Å²) in [6.45, 7) is 3.17. The van der Waals surface area contributed by atoms with Crippen molar-refractivity contribution in [2.24, 2.45) is 29.6 Å². The quantitative estimate of drug-likeness (QED) is 0.150. The smallest absolute Gasteiger partial charge is 0.0706 e. The van der Waals surface area contributed by atoms with Crippen LogP contribution < -0.4 is 10.6 Å². The summed E-state index contributed by atoms with van der Waals surface area (Å²) in [6, 6.07) is 19.5. The van der Waals surface area contributed by atoms with Crippen LogP contribution in [-0.2, 0) is 0 Å². The Labute approximate surface area is 336 Å². The van der Waals surface area contributed by atoms with Gasteiger partial charge in [0.25, 0.3) is 0 Å². The van der Waals surface area contributed by atoms with Crippen molar-refractivity contribution in [2.75, 3.05) is 6.54 Å². The van der Waals surface area contributed by atoms with Crippen molar-refractivity contribution in [2.45, 2.75) is 77.2 Å². The van der Waals surface area contributed by atoms with Crippen LogP contribution in [0.25, 0.3) is 5.57 Å². The second-order valence-electron chi connectivity index (χ2n) is 16.3. The first-order valence-electron chi connectivity index (χ1n) is 21.5. The lowest BCUT2D eigenvalue weighted by Crippen LogP contribution is -2.33. The lowest BCUT2D eigenvalue weighted by atomic mass is 9.77. The van der Waals surface area contributed by atoms with E-state index in [0.717, 1.165) is 75.6 Å². The molecule has 0 amide bonds. The van der Waals surface area contributed by atoms with Crippen molar-refractivity contribution in [3.05, 3.63) is 197 Å². The van der Waals surface area contributed by atoms with E-state index >= 15 is 0 Å². The minimum atomic E-state index is 0.132. The van der Waals surface area contributed by atoms with E-state index in [2.05, 4.69) is 163 Å². The van der Waals surface area contributed by atoms with Crippen molar-refractivity contribution < 1.29 is 0 Å². The number of hydrogen-bond donors (Lipinski definition) is 3. The van der Waals surface area contributed by atoms with Crippen LogP contribution in [0.5, 0.6) is 0 Å². The van der Waals surface area contributed by atoms with Gasteiger partial charge >= 0.3 is 0 Å². The molecule has 6 atom stereocenters. The Morgan fingerprint density at radius 1 is 0.768 bits per heavy atom. The average molecular weight is 738 g/mol. The second kappa shape index (κ2) is 18.2. The van der Waals surface area contributed by atoms with Gasteiger partial charge in [-0.15, -0.1) is 0 Å². The first-order valence-corrected chi connectivity index (χ1v) is 21.5. The number of hydrogen-bond acceptors (Lipinski definition) is 3. The number of dihydropyridines is 1. The summed E-state index contributed by atoms with van der Waals surface area (Å²) < 4.78 is 0. The highest BCUT2D eigenvalue weighted by molar-refractivity contribution is 6.00. The van der Waals surface area contributed by atoms with E-state index in [-0.39, 0.29) is 17.9 Å². The van der Waals surface area contributed by atoms with Gasteiger partial charge in [-0.25, -0.2) is 0 Å². The normalized spacial score (nSPS) is 25.8. The molecular formula is C53H59N3. The Hall–Kier alpha value is -5.15. The summed E-state index contributed by atoms with van der Waals surface area (Å²) in [7, 11) is 0. The van der Waals surface area contributed by atoms with E-state index in [1.807, 2.05) is 6.07 Å². The lowest BCUT2D eigenvalue weighted by Gasteiger charge is -2.34. The maximum atomic E-state index is 9.24. The third-order valence-corrected chi connectivity index (χ3v) is 12.6. The molecule has 56 heavy (non-hydrogen) atoms. The predicted molar refractivity (Wildman–Crippen MR) is 237 cm³/mol. The number of nitrogens with one attached hydrogen (secondary N) is 3. The van der Waals surface area contributed by atoms with Crippen LogP contribution >= 0.6 is 0 Å². The van der Waals surface area contributed by atoms with E-state index < -0.39 is 0 Å². The first kappa shape index (κ1) is 37.8. The number of rotatable bonds is 12. The Kier molecular flexibility index (Phi) is 12.3. The van der Waals surface area contributed by atoms with Gasteiger partial charge in [0.1, 0.15) is 0 Å². The summed E-state index contributed by atoms with van der Waals surface area (Å²) in [5.41, 5.74) is 12.6. The lowest BCUT2D eigenvalue weighted by molar-refractivity contribution is 0.481. The molecule has 0 saturated heterocycles. The summed E-state index contributed by atoms with van der Waals surface area (Å²) in [5, 5.41) is 17.2. The summed E-state index contributed by atoms with van der Waals surface area (Å²) in [6.07, 6.45) is 49.1. The van der Waals surface area contributed by atoms with Crippen molar-refractivity contribution in [3.8, 4) is 0 Å². The highest BCUT2D eigenvalue weighted by Gasteiger charge is 2.29. The van der Waals surface area contributed by atoms with Crippen LogP contribution in [-0.4, -0.2) is 12.3 Å². The van der Waals surface area contributed by atoms with Gasteiger partial charge in [-0.05, 0) is 115 Å². The average Bonchev–Trinajstić information content (AvgIpc) is 3.29. The van der Waals surface area contributed by atoms with Crippen molar-refractivity contribution in [1.29, 1.82) is 5.41 Å². The maximum Gasteiger partial charge on any atom is 0.0706 e. The molecule has 3 N–H and O–H groups in total. The van der Waals surface area contributed by atoms with Crippen molar-refractivity contribution >= 4 is 11.3 Å². The molecule has 2 heterocycles. The zero-order valence-electron chi connectivity index (χ0n) is 33.2. The topological polar surface area (TPSA) is 47.9 Å². The Bertz CT molecular complexity index is 2090. The molecule has 2 aliphatic heterocycles. The van der Waals surface area contributed by atoms with Gasteiger partial charge in [-0.1, -0.05) is 153 Å². The first-order chi connectivity index (χ1) is 27.6. The standard InChI is InChI=1S/C53H59N3/c1-2-46(53(54)42-25-13-6-14-26-42)48(40-21-9-4-10-22-40)32-30-38-18-17-27-43(34-38)50-33-31-44(37-55-50)45-35-51(41-23-11-5-12-24-41)56-52(36-45)49-29-16-15-28-47(49)39-19-7-3-8-20-39/h5-7,9,11,13-17,19-22,25-30,32-36,38,41,44,46,48,52,54-56H,2-4,8,10,12,18,23-24,31,37H2,1H3/b32-30+,54-53?. The third kappa shape index (κ3) is 8.78. The molecule has 0 spiro atoms. The molecule has 8 rings (SSSR count). The minimum absolute atomic E-state index is 0.132. The summed E-state index contributed by atoms with van der Waals surface area (Å²) in [4.78, 5) is 0. The molecule has 0 radical (unpaired) electrons. The fourth-order valence-corrected chi connectivity index (χ4v) is 9.49. The van der Waals surface area contributed by atoms with E-state index in [9.17, 15) is 5.41 Å². The Balaban J connectivity index is 1.01. The zero-order valence-corrected chi connectivity index (χ0v) is 33.2. The van der Waals surface area contributed by atoms with E-state index in [0.29, 0.717) is 17.8 Å². The van der Waals surface area contributed by atoms with Crippen LogP contribution in [0.15, 0.2) is 180 Å². The molecule has 0 saturated carbocycles. The second-order valence-corrected chi connectivity index (χ2v) is 16.3. The summed E-state index contributed by atoms with van der Waals surface area (Å²) in [5.74, 6) is 1.61. The van der Waals surface area contributed by atoms with Crippen molar-refractivity contribution in [3.63, 3.8) is 0 Å². The Morgan fingerprint density at radius 2 is 1.59 bits per heavy atom. The molecular weight excluding hydrogens is 679 g/mol. The molecule has 3 heteroatoms. The maximum absolute atomic E-state index is 9.24. The molecule has 2 aromatic rings. The highest BCUT2D eigenvalue weighted by Crippen LogP contribution is 2.39. The molecule has 286 valence electrons. The highest BCUT2D eigenvalue weighted by atomic mass is 14.9. The summed E-state index contributed by atoms with van der Waals surface area (Å²) >= 11 is 0. The fourth-order valence-electron chi connectivity index (χ4n) is 9.49. The third-order valence-electron chi connectivity index (χ3n) is 12.6. The molecule has 2 aromatic carbocycles. The van der Waals surface area contributed by atoms with Crippen LogP contribution in [0.2, 0.25) is 0 Å². The molecule has 4 aliphatic carbocycles. The van der Waals surface area contributed by atoms with Crippen LogP contribution in [0, 0.1) is 35.0 Å². The zero-order chi connectivity index (χ0) is 38.1. The Morgan fingerprint density at radius 3 is 2.34 bits per heavy atom. The van der Waals surface area contributed by atoms with Crippen LogP contribution in [0.1, 0.15) is 93.9 Å². The molecule has 0 aromatic heterocycles. The van der Waals surface area contributed by atoms with E-state index in [1.54, 1.807) is 0 Å². The van der Waals surface area contributed by atoms with Crippen LogP contribution in [0.4, 0.5) is 0 Å². The van der Waals surface area contributed by atoms with Crippen molar-refractivity contribution in [1.82, 2.24) is 10.6 Å². The molecule has 6 unspecified atom stereocenters. The van der Waals surface area contributed by atoms with Gasteiger partial charge in [0.2, 0.25) is 0 Å². The molecule has 6 aliphatic rings. The van der Waals surface area contributed by atoms with Crippen LogP contribution in [0.3, 0.4) is 0 Å². The number of allylic oxidation sites excluding steroid dienone is 18. The largest absolute Gasteiger partial charge is 0.384 e. The van der Waals surface area contributed by atoms with Gasteiger partial charge < -0.3 is 16.0 Å². The minimum Gasteiger partial charge on any atom is -0.384 e. The molecule has 3 nitrogen and oxygen atoms in total. The van der Waals surface area contributed by atoms with E-state index in [1.165, 1.54) is 51.2 Å². The monoisotopic (exact) mass is 737 g/mol. The fraction of sp³-hybridized carbons (Fsp3) is 0.340. The van der Waals surface area contributed by atoms with E-state index in [4.69, 9.17) is 0 Å².